The van der Waals surface area contributed by atoms with Gasteiger partial charge in [-0.25, -0.2) is 9.78 Å². The first-order valence-corrected chi connectivity index (χ1v) is 6.18. The van der Waals surface area contributed by atoms with Gasteiger partial charge in [-0.3, -0.25) is 4.79 Å². The van der Waals surface area contributed by atoms with Crippen LogP contribution in [0.1, 0.15) is 20.7 Å². The van der Waals surface area contributed by atoms with E-state index >= 15 is 0 Å². The zero-order chi connectivity index (χ0) is 14.7. The number of aromatic nitrogens is 1. The van der Waals surface area contributed by atoms with Gasteiger partial charge < -0.3 is 10.4 Å². The number of benzene rings is 1. The number of carbonyl (C=O) groups is 2. The Labute approximate surface area is 124 Å². The van der Waals surface area contributed by atoms with Gasteiger partial charge in [-0.2, -0.15) is 0 Å². The fraction of sp³-hybridized carbons (Fsp3) is 0. The van der Waals surface area contributed by atoms with Crippen LogP contribution >= 0.6 is 23.2 Å². The molecule has 0 aliphatic carbocycles. The molecular weight excluding hydrogens is 303 g/mol. The molecule has 0 fully saturated rings. The summed E-state index contributed by atoms with van der Waals surface area (Å²) in [6.45, 7) is 0. The van der Waals surface area contributed by atoms with E-state index in [1.54, 1.807) is 0 Å². The second-order valence-corrected chi connectivity index (χ2v) is 4.62. The SMILES string of the molecule is O=C(O)c1ccc(NC(=O)c2ccc(Cl)nc2)c(Cl)c1. The molecule has 1 aromatic heterocycles. The van der Waals surface area contributed by atoms with Gasteiger partial charge in [0.15, 0.2) is 0 Å². The summed E-state index contributed by atoms with van der Waals surface area (Å²) in [6, 6.07) is 7.05. The molecule has 0 spiro atoms. The maximum Gasteiger partial charge on any atom is 0.335 e. The molecule has 0 saturated carbocycles. The zero-order valence-electron chi connectivity index (χ0n) is 9.93. The van der Waals surface area contributed by atoms with Crippen LogP contribution in [0.25, 0.3) is 0 Å². The van der Waals surface area contributed by atoms with Crippen LogP contribution in [0.3, 0.4) is 0 Å². The van der Waals surface area contributed by atoms with Crippen molar-refractivity contribution in [3.05, 3.63) is 57.8 Å². The molecule has 0 bridgehead atoms. The van der Waals surface area contributed by atoms with Crippen molar-refractivity contribution in [2.45, 2.75) is 0 Å². The van der Waals surface area contributed by atoms with E-state index in [0.29, 0.717) is 11.3 Å². The number of halogens is 2. The normalized spacial score (nSPS) is 10.1. The largest absolute Gasteiger partial charge is 0.478 e. The molecule has 20 heavy (non-hydrogen) atoms. The summed E-state index contributed by atoms with van der Waals surface area (Å²) in [5.74, 6) is -1.51. The van der Waals surface area contributed by atoms with Crippen LogP contribution < -0.4 is 5.32 Å². The second-order valence-electron chi connectivity index (χ2n) is 3.82. The summed E-state index contributed by atoms with van der Waals surface area (Å²) in [5.41, 5.74) is 0.672. The first-order valence-electron chi connectivity index (χ1n) is 5.43. The maximum atomic E-state index is 11.9. The Morgan fingerprint density at radius 3 is 2.35 bits per heavy atom. The van der Waals surface area contributed by atoms with Gasteiger partial charge in [-0.15, -0.1) is 0 Å². The minimum atomic E-state index is -1.09. The molecule has 0 unspecified atom stereocenters. The monoisotopic (exact) mass is 310 g/mol. The lowest BCUT2D eigenvalue weighted by Gasteiger charge is -2.07. The quantitative estimate of drug-likeness (QED) is 0.852. The fourth-order valence-electron chi connectivity index (χ4n) is 1.45. The minimum Gasteiger partial charge on any atom is -0.478 e. The molecular formula is C13H8Cl2N2O3. The first-order chi connectivity index (χ1) is 9.47. The van der Waals surface area contributed by atoms with Gasteiger partial charge in [-0.05, 0) is 30.3 Å². The van der Waals surface area contributed by atoms with E-state index in [9.17, 15) is 9.59 Å². The number of pyridine rings is 1. The second kappa shape index (κ2) is 5.90. The number of nitrogens with one attached hydrogen (secondary N) is 1. The number of anilines is 1. The molecule has 5 nitrogen and oxygen atoms in total. The molecule has 2 rings (SSSR count). The number of carbonyl (C=O) groups excluding carboxylic acids is 1. The van der Waals surface area contributed by atoms with E-state index in [1.807, 2.05) is 0 Å². The van der Waals surface area contributed by atoms with E-state index < -0.39 is 11.9 Å². The van der Waals surface area contributed by atoms with Crippen molar-refractivity contribution in [1.82, 2.24) is 4.98 Å². The number of carboxylic acid groups (broad SMARTS) is 1. The van der Waals surface area contributed by atoms with Crippen molar-refractivity contribution in [3.63, 3.8) is 0 Å². The van der Waals surface area contributed by atoms with Crippen LogP contribution in [0.15, 0.2) is 36.5 Å². The van der Waals surface area contributed by atoms with Crippen LogP contribution in [0.2, 0.25) is 10.2 Å². The molecule has 0 aliphatic rings. The fourth-order valence-corrected chi connectivity index (χ4v) is 1.79. The topological polar surface area (TPSA) is 79.3 Å². The molecule has 102 valence electrons. The lowest BCUT2D eigenvalue weighted by atomic mass is 10.2. The number of hydrogen-bond donors (Lipinski definition) is 2. The number of nitrogens with zero attached hydrogens (tertiary/aromatic N) is 1. The third kappa shape index (κ3) is 3.26. The van der Waals surface area contributed by atoms with Crippen molar-refractivity contribution in [2.24, 2.45) is 0 Å². The summed E-state index contributed by atoms with van der Waals surface area (Å²) in [6.07, 6.45) is 1.33. The van der Waals surface area contributed by atoms with Crippen molar-refractivity contribution < 1.29 is 14.7 Å². The molecule has 0 atom stereocenters. The smallest absolute Gasteiger partial charge is 0.335 e. The average molecular weight is 311 g/mol. The van der Waals surface area contributed by atoms with E-state index in [0.717, 1.165) is 0 Å². The first kappa shape index (κ1) is 14.3. The third-order valence-corrected chi connectivity index (χ3v) is 2.99. The molecule has 1 heterocycles. The van der Waals surface area contributed by atoms with Crippen LogP contribution in [-0.4, -0.2) is 22.0 Å². The van der Waals surface area contributed by atoms with Crippen LogP contribution in [0.5, 0.6) is 0 Å². The predicted molar refractivity (Wildman–Crippen MR) is 75.6 cm³/mol. The summed E-state index contributed by atoms with van der Waals surface area (Å²) in [4.78, 5) is 26.5. The third-order valence-electron chi connectivity index (χ3n) is 2.45. The standard InChI is InChI=1S/C13H8Cl2N2O3/c14-9-5-7(13(19)20)1-3-10(9)17-12(18)8-2-4-11(15)16-6-8/h1-6H,(H,17,18)(H,19,20). The average Bonchev–Trinajstić information content (AvgIpc) is 2.41. The zero-order valence-corrected chi connectivity index (χ0v) is 11.4. The molecule has 7 heteroatoms. The molecule has 0 saturated heterocycles. The van der Waals surface area contributed by atoms with Crippen LogP contribution in [-0.2, 0) is 0 Å². The Morgan fingerprint density at radius 1 is 1.10 bits per heavy atom. The highest BCUT2D eigenvalue weighted by Crippen LogP contribution is 2.23. The highest BCUT2D eigenvalue weighted by Gasteiger charge is 2.11. The Kier molecular flexibility index (Phi) is 4.22. The molecule has 1 amide bonds. The maximum absolute atomic E-state index is 11.9. The van der Waals surface area contributed by atoms with E-state index in [4.69, 9.17) is 28.3 Å². The number of rotatable bonds is 3. The van der Waals surface area contributed by atoms with Gasteiger partial charge in [0.2, 0.25) is 0 Å². The minimum absolute atomic E-state index is 0.0427. The Balaban J connectivity index is 2.19. The van der Waals surface area contributed by atoms with Gasteiger partial charge >= 0.3 is 5.97 Å². The highest BCUT2D eigenvalue weighted by molar-refractivity contribution is 6.34. The van der Waals surface area contributed by atoms with Gasteiger partial charge in [-0.1, -0.05) is 23.2 Å². The van der Waals surface area contributed by atoms with Crippen molar-refractivity contribution in [3.8, 4) is 0 Å². The van der Waals surface area contributed by atoms with Gasteiger partial charge in [0.25, 0.3) is 5.91 Å². The Morgan fingerprint density at radius 2 is 1.80 bits per heavy atom. The van der Waals surface area contributed by atoms with Gasteiger partial charge in [0.05, 0.1) is 21.8 Å². The van der Waals surface area contributed by atoms with Crippen molar-refractivity contribution >= 4 is 40.8 Å². The van der Waals surface area contributed by atoms with E-state index in [2.05, 4.69) is 10.3 Å². The Hall–Kier alpha value is -2.11. The summed E-state index contributed by atoms with van der Waals surface area (Å²) < 4.78 is 0. The van der Waals surface area contributed by atoms with Crippen LogP contribution in [0, 0.1) is 0 Å². The number of carboxylic acids is 1. The summed E-state index contributed by atoms with van der Waals surface area (Å²) in [7, 11) is 0. The lowest BCUT2D eigenvalue weighted by molar-refractivity contribution is 0.0696. The van der Waals surface area contributed by atoms with Crippen molar-refractivity contribution in [2.75, 3.05) is 5.32 Å². The number of aromatic carboxylic acids is 1. The predicted octanol–water partition coefficient (Wildman–Crippen LogP) is 3.34. The number of amides is 1. The number of hydrogen-bond acceptors (Lipinski definition) is 3. The molecule has 0 radical (unpaired) electrons. The molecule has 2 aromatic rings. The highest BCUT2D eigenvalue weighted by atomic mass is 35.5. The molecule has 2 N–H and O–H groups in total. The van der Waals surface area contributed by atoms with E-state index in [-0.39, 0.29) is 15.7 Å². The van der Waals surface area contributed by atoms with Gasteiger partial charge in [0, 0.05) is 6.20 Å². The van der Waals surface area contributed by atoms with E-state index in [1.165, 1.54) is 36.5 Å². The summed E-state index contributed by atoms with van der Waals surface area (Å²) in [5, 5.41) is 11.8. The molecule has 0 aliphatic heterocycles. The van der Waals surface area contributed by atoms with Crippen molar-refractivity contribution in [1.29, 1.82) is 0 Å². The van der Waals surface area contributed by atoms with Gasteiger partial charge in [0.1, 0.15) is 5.15 Å². The Bertz CT molecular complexity index is 672. The lowest BCUT2D eigenvalue weighted by Crippen LogP contribution is -2.12. The van der Waals surface area contributed by atoms with Crippen LogP contribution in [0.4, 0.5) is 5.69 Å². The molecule has 1 aromatic carbocycles. The summed E-state index contributed by atoms with van der Waals surface area (Å²) >= 11 is 11.5.